The number of halogens is 1. The first-order valence-electron chi connectivity index (χ1n) is 10.9. The molecule has 0 saturated carbocycles. The molecule has 2 heterocycles. The molecule has 0 bridgehead atoms. The molecule has 0 aliphatic carbocycles. The molecule has 33 heavy (non-hydrogen) atoms. The van der Waals surface area contributed by atoms with E-state index in [9.17, 15) is 4.79 Å². The van der Waals surface area contributed by atoms with Crippen LogP contribution in [0.3, 0.4) is 0 Å². The SMILES string of the molecule is COCOc1ccc(CC(=O)CC2c3c(cc4c(c3OC)OCO4)CC[N+]2(C)C)cc1C.[I-]. The molecule has 2 aliphatic rings. The number of carbonyl (C=O) groups excluding carboxylic acids is 1. The predicted molar refractivity (Wildman–Crippen MR) is 120 cm³/mol. The minimum atomic E-state index is -0.0129. The van der Waals surface area contributed by atoms with Gasteiger partial charge in [0.05, 0.1) is 39.7 Å². The second-order valence-electron chi connectivity index (χ2n) is 9.05. The van der Waals surface area contributed by atoms with E-state index in [-0.39, 0.29) is 49.4 Å². The number of Topliss-reactive ketones (excluding diaryl/α,β-unsaturated/α-hetero) is 1. The van der Waals surface area contributed by atoms with Gasteiger partial charge in [-0.3, -0.25) is 4.79 Å². The number of quaternary nitrogens is 1. The molecule has 2 aliphatic heterocycles. The van der Waals surface area contributed by atoms with E-state index in [1.54, 1.807) is 14.2 Å². The number of benzene rings is 2. The lowest BCUT2D eigenvalue weighted by molar-refractivity contribution is -0.922. The third-order valence-corrected chi connectivity index (χ3v) is 6.48. The van der Waals surface area contributed by atoms with E-state index in [1.165, 1.54) is 5.56 Å². The van der Waals surface area contributed by atoms with Crippen molar-refractivity contribution in [2.75, 3.05) is 48.4 Å². The van der Waals surface area contributed by atoms with Gasteiger partial charge in [0.25, 0.3) is 0 Å². The molecular formula is C25H32INO6. The zero-order valence-electron chi connectivity index (χ0n) is 19.9. The van der Waals surface area contributed by atoms with Crippen LogP contribution in [-0.2, 0) is 22.4 Å². The third kappa shape index (κ3) is 5.22. The van der Waals surface area contributed by atoms with Gasteiger partial charge in [0.1, 0.15) is 17.6 Å². The number of ether oxygens (including phenoxy) is 5. The summed E-state index contributed by atoms with van der Waals surface area (Å²) in [5, 5.41) is 0. The molecule has 1 atom stereocenters. The average Bonchev–Trinajstić information content (AvgIpc) is 3.22. The van der Waals surface area contributed by atoms with E-state index in [0.717, 1.165) is 45.6 Å². The molecule has 0 radical (unpaired) electrons. The maximum Gasteiger partial charge on any atom is 0.231 e. The van der Waals surface area contributed by atoms with E-state index in [0.29, 0.717) is 24.3 Å². The van der Waals surface area contributed by atoms with Crippen LogP contribution in [0.2, 0.25) is 0 Å². The lowest BCUT2D eigenvalue weighted by Gasteiger charge is -2.43. The molecule has 0 aromatic heterocycles. The molecule has 2 aromatic carbocycles. The topological polar surface area (TPSA) is 63.2 Å². The van der Waals surface area contributed by atoms with Crippen molar-refractivity contribution in [3.05, 3.63) is 46.5 Å². The molecule has 2 aromatic rings. The molecule has 8 heteroatoms. The summed E-state index contributed by atoms with van der Waals surface area (Å²) < 4.78 is 28.3. The number of carbonyl (C=O) groups is 1. The quantitative estimate of drug-likeness (QED) is 0.264. The highest BCUT2D eigenvalue weighted by Crippen LogP contribution is 2.51. The fourth-order valence-electron chi connectivity index (χ4n) is 4.74. The summed E-state index contributed by atoms with van der Waals surface area (Å²) >= 11 is 0. The van der Waals surface area contributed by atoms with Crippen LogP contribution in [0.15, 0.2) is 24.3 Å². The Labute approximate surface area is 212 Å². The van der Waals surface area contributed by atoms with Crippen molar-refractivity contribution in [3.8, 4) is 23.0 Å². The molecule has 0 fully saturated rings. The third-order valence-electron chi connectivity index (χ3n) is 6.48. The number of ketones is 1. The summed E-state index contributed by atoms with van der Waals surface area (Å²) in [7, 11) is 7.60. The van der Waals surface area contributed by atoms with E-state index >= 15 is 0 Å². The first-order chi connectivity index (χ1) is 15.3. The zero-order valence-corrected chi connectivity index (χ0v) is 22.1. The van der Waals surface area contributed by atoms with Crippen LogP contribution in [0.25, 0.3) is 0 Å². The Bertz CT molecular complexity index is 1020. The summed E-state index contributed by atoms with van der Waals surface area (Å²) in [4.78, 5) is 13.2. The van der Waals surface area contributed by atoms with Crippen molar-refractivity contribution in [3.63, 3.8) is 0 Å². The van der Waals surface area contributed by atoms with E-state index in [2.05, 4.69) is 20.2 Å². The molecule has 7 nitrogen and oxygen atoms in total. The molecular weight excluding hydrogens is 537 g/mol. The van der Waals surface area contributed by atoms with Gasteiger partial charge in [0.15, 0.2) is 18.3 Å². The highest BCUT2D eigenvalue weighted by Gasteiger charge is 2.42. The van der Waals surface area contributed by atoms with Gasteiger partial charge in [0, 0.05) is 20.0 Å². The second-order valence-corrected chi connectivity index (χ2v) is 9.05. The van der Waals surface area contributed by atoms with Crippen molar-refractivity contribution in [2.24, 2.45) is 0 Å². The summed E-state index contributed by atoms with van der Waals surface area (Å²) in [6, 6.07) is 7.90. The van der Waals surface area contributed by atoms with Gasteiger partial charge < -0.3 is 52.1 Å². The largest absolute Gasteiger partial charge is 1.00 e. The Hall–Kier alpha value is -2.04. The summed E-state index contributed by atoms with van der Waals surface area (Å²) in [6.45, 7) is 3.32. The number of rotatable bonds is 8. The lowest BCUT2D eigenvalue weighted by atomic mass is 9.86. The molecule has 4 rings (SSSR count). The number of hydrogen-bond acceptors (Lipinski definition) is 6. The van der Waals surface area contributed by atoms with Gasteiger partial charge in [-0.15, -0.1) is 0 Å². The first-order valence-corrected chi connectivity index (χ1v) is 10.9. The molecule has 1 unspecified atom stereocenters. The molecule has 0 saturated heterocycles. The smallest absolute Gasteiger partial charge is 0.231 e. The highest BCUT2D eigenvalue weighted by atomic mass is 127. The molecule has 0 spiro atoms. The zero-order chi connectivity index (χ0) is 22.9. The maximum atomic E-state index is 13.2. The Balaban J connectivity index is 0.00000306. The number of fused-ring (bicyclic) bond motifs is 2. The van der Waals surface area contributed by atoms with Crippen LogP contribution < -0.4 is 42.9 Å². The van der Waals surface area contributed by atoms with Gasteiger partial charge in [-0.1, -0.05) is 12.1 Å². The number of methoxy groups -OCH3 is 2. The van der Waals surface area contributed by atoms with E-state index in [1.807, 2.05) is 25.1 Å². The van der Waals surface area contributed by atoms with Crippen molar-refractivity contribution in [1.82, 2.24) is 0 Å². The van der Waals surface area contributed by atoms with Crippen LogP contribution in [0.1, 0.15) is 34.7 Å². The molecule has 0 amide bonds. The normalized spacial score (nSPS) is 17.7. The average molecular weight is 569 g/mol. The van der Waals surface area contributed by atoms with Gasteiger partial charge in [-0.05, 0) is 35.7 Å². The Morgan fingerprint density at radius 2 is 1.97 bits per heavy atom. The van der Waals surface area contributed by atoms with Crippen molar-refractivity contribution < 1.29 is 56.9 Å². The standard InChI is InChI=1S/C25H32NO6.HI/c1-16-10-17(6-7-21(16)30-14-28-4)11-19(27)13-20-23-18(8-9-26(20,2)3)12-22-24(25(23)29-5)32-15-31-22;/h6-7,10,12,20H,8-9,11,13-15H2,1-5H3;1H/q+1;/p-1. The Morgan fingerprint density at radius 3 is 2.67 bits per heavy atom. The Morgan fingerprint density at radius 1 is 1.18 bits per heavy atom. The van der Waals surface area contributed by atoms with E-state index < -0.39 is 0 Å². The van der Waals surface area contributed by atoms with Crippen LogP contribution in [0, 0.1) is 6.92 Å². The number of likely N-dealkylation sites (N-methyl/N-ethyl adjacent to an activating group) is 1. The van der Waals surface area contributed by atoms with Gasteiger partial charge >= 0.3 is 0 Å². The van der Waals surface area contributed by atoms with Crippen molar-refractivity contribution in [1.29, 1.82) is 0 Å². The monoisotopic (exact) mass is 569 g/mol. The minimum absolute atomic E-state index is 0. The fraction of sp³-hybridized carbons (Fsp3) is 0.480. The van der Waals surface area contributed by atoms with Crippen LogP contribution in [-0.4, -0.2) is 58.7 Å². The van der Waals surface area contributed by atoms with Crippen LogP contribution in [0.5, 0.6) is 23.0 Å². The predicted octanol–water partition coefficient (Wildman–Crippen LogP) is 0.595. The second kappa shape index (κ2) is 10.5. The summed E-state index contributed by atoms with van der Waals surface area (Å²) in [5.74, 6) is 3.03. The van der Waals surface area contributed by atoms with Crippen molar-refractivity contribution >= 4 is 5.78 Å². The summed E-state index contributed by atoms with van der Waals surface area (Å²) in [6.07, 6.45) is 1.71. The molecule has 180 valence electrons. The van der Waals surface area contributed by atoms with Crippen LogP contribution >= 0.6 is 0 Å². The molecule has 0 N–H and O–H groups in total. The highest BCUT2D eigenvalue weighted by molar-refractivity contribution is 5.82. The summed E-state index contributed by atoms with van der Waals surface area (Å²) in [5.41, 5.74) is 4.22. The fourth-order valence-corrected chi connectivity index (χ4v) is 4.74. The lowest BCUT2D eigenvalue weighted by Crippen LogP contribution is -3.00. The van der Waals surface area contributed by atoms with Crippen LogP contribution in [0.4, 0.5) is 0 Å². The first kappa shape index (κ1) is 25.6. The number of hydrogen-bond donors (Lipinski definition) is 0. The minimum Gasteiger partial charge on any atom is -1.00 e. The van der Waals surface area contributed by atoms with E-state index in [4.69, 9.17) is 23.7 Å². The number of nitrogens with zero attached hydrogens (tertiary/aromatic N) is 1. The van der Waals surface area contributed by atoms with Crippen molar-refractivity contribution in [2.45, 2.75) is 32.2 Å². The maximum absolute atomic E-state index is 13.2. The number of aryl methyl sites for hydroxylation is 1. The van der Waals surface area contributed by atoms with Gasteiger partial charge in [-0.25, -0.2) is 0 Å². The Kier molecular flexibility index (Phi) is 8.13. The van der Waals surface area contributed by atoms with Gasteiger partial charge in [0.2, 0.25) is 12.5 Å². The van der Waals surface area contributed by atoms with Gasteiger partial charge in [-0.2, -0.15) is 0 Å².